The highest BCUT2D eigenvalue weighted by Crippen LogP contribution is 2.20. The quantitative estimate of drug-likeness (QED) is 0.630. The minimum Gasteiger partial charge on any atom is -0.395 e. The van der Waals surface area contributed by atoms with Crippen LogP contribution in [-0.4, -0.2) is 82.2 Å². The SMILES string of the molecule is COCCn1c(N2CCN(CCO)CC2)nc2c1c(=O)[nH]c(=O)n2C. The van der Waals surface area contributed by atoms with Crippen LogP contribution in [0.2, 0.25) is 0 Å². The molecule has 25 heavy (non-hydrogen) atoms. The zero-order valence-corrected chi connectivity index (χ0v) is 14.6. The maximum atomic E-state index is 12.3. The third kappa shape index (κ3) is 3.32. The number of aromatic nitrogens is 4. The fraction of sp³-hybridized carbons (Fsp3) is 0.667. The lowest BCUT2D eigenvalue weighted by atomic mass is 10.3. The Labute approximate surface area is 144 Å². The molecule has 0 spiro atoms. The number of rotatable bonds is 6. The van der Waals surface area contributed by atoms with Crippen LogP contribution in [0, 0.1) is 0 Å². The Bertz CT molecular complexity index is 846. The molecule has 0 atom stereocenters. The Morgan fingerprint density at radius 3 is 2.56 bits per heavy atom. The van der Waals surface area contributed by atoms with E-state index in [1.54, 1.807) is 14.2 Å². The molecule has 0 unspecified atom stereocenters. The number of piperazine rings is 1. The molecule has 138 valence electrons. The van der Waals surface area contributed by atoms with Gasteiger partial charge in [0.15, 0.2) is 11.2 Å². The van der Waals surface area contributed by atoms with Gasteiger partial charge in [-0.05, 0) is 0 Å². The lowest BCUT2D eigenvalue weighted by molar-refractivity contribution is 0.184. The normalized spacial score (nSPS) is 16.0. The Morgan fingerprint density at radius 1 is 1.20 bits per heavy atom. The number of methoxy groups -OCH3 is 1. The lowest BCUT2D eigenvalue weighted by Gasteiger charge is -2.35. The van der Waals surface area contributed by atoms with Crippen LogP contribution in [0.15, 0.2) is 9.59 Å². The molecule has 2 N–H and O–H groups in total. The molecule has 1 aliphatic rings. The molecule has 3 heterocycles. The number of aliphatic hydroxyl groups is 1. The fourth-order valence-corrected chi connectivity index (χ4v) is 3.17. The van der Waals surface area contributed by atoms with Gasteiger partial charge in [-0.3, -0.25) is 19.2 Å². The van der Waals surface area contributed by atoms with Crippen molar-refractivity contribution in [3.05, 3.63) is 20.8 Å². The average Bonchev–Trinajstić information content (AvgIpc) is 2.99. The molecule has 1 fully saturated rings. The Morgan fingerprint density at radius 2 is 1.92 bits per heavy atom. The summed E-state index contributed by atoms with van der Waals surface area (Å²) in [4.78, 5) is 35.4. The molecule has 0 amide bonds. The summed E-state index contributed by atoms with van der Waals surface area (Å²) in [5, 5.41) is 9.07. The van der Waals surface area contributed by atoms with E-state index in [4.69, 9.17) is 9.84 Å². The Hall–Kier alpha value is -2.17. The van der Waals surface area contributed by atoms with Gasteiger partial charge in [-0.25, -0.2) is 4.79 Å². The molecule has 0 bridgehead atoms. The molecule has 0 radical (unpaired) electrons. The van der Waals surface area contributed by atoms with Crippen molar-refractivity contribution in [2.24, 2.45) is 7.05 Å². The predicted octanol–water partition coefficient (Wildman–Crippen LogP) is -1.82. The van der Waals surface area contributed by atoms with E-state index in [1.807, 2.05) is 4.57 Å². The average molecular weight is 352 g/mol. The second kappa shape index (κ2) is 7.38. The number of imidazole rings is 1. The molecule has 2 aromatic rings. The Kier molecular flexibility index (Phi) is 5.21. The van der Waals surface area contributed by atoms with Crippen molar-refractivity contribution in [2.45, 2.75) is 6.54 Å². The van der Waals surface area contributed by atoms with Crippen molar-refractivity contribution in [3.8, 4) is 0 Å². The number of β-amino-alcohol motifs (C(OH)–C–C–N with tert-alkyl or cyclic N) is 1. The molecule has 10 nitrogen and oxygen atoms in total. The maximum absolute atomic E-state index is 12.3. The number of hydrogen-bond acceptors (Lipinski definition) is 7. The zero-order valence-electron chi connectivity index (χ0n) is 14.6. The third-order valence-electron chi connectivity index (χ3n) is 4.58. The van der Waals surface area contributed by atoms with Crippen LogP contribution in [0.4, 0.5) is 5.95 Å². The van der Waals surface area contributed by atoms with Crippen molar-refractivity contribution in [1.29, 1.82) is 0 Å². The van der Waals surface area contributed by atoms with Crippen LogP contribution in [0.3, 0.4) is 0 Å². The van der Waals surface area contributed by atoms with Gasteiger partial charge in [0, 0.05) is 53.4 Å². The van der Waals surface area contributed by atoms with Gasteiger partial charge in [-0.1, -0.05) is 0 Å². The topological polar surface area (TPSA) is 109 Å². The lowest BCUT2D eigenvalue weighted by Crippen LogP contribution is -2.48. The monoisotopic (exact) mass is 352 g/mol. The molecule has 2 aromatic heterocycles. The summed E-state index contributed by atoms with van der Waals surface area (Å²) in [6.45, 7) is 4.80. The molecule has 0 aromatic carbocycles. The van der Waals surface area contributed by atoms with Crippen molar-refractivity contribution in [3.63, 3.8) is 0 Å². The molecule has 0 saturated carbocycles. The van der Waals surface area contributed by atoms with Crippen molar-refractivity contribution in [2.75, 3.05) is 57.9 Å². The van der Waals surface area contributed by atoms with Gasteiger partial charge in [0.2, 0.25) is 5.95 Å². The highest BCUT2D eigenvalue weighted by atomic mass is 16.5. The van der Waals surface area contributed by atoms with Crippen LogP contribution >= 0.6 is 0 Å². The minimum atomic E-state index is -0.479. The molecule has 1 aliphatic heterocycles. The van der Waals surface area contributed by atoms with Gasteiger partial charge in [-0.15, -0.1) is 0 Å². The number of aromatic amines is 1. The zero-order chi connectivity index (χ0) is 18.0. The van der Waals surface area contributed by atoms with Crippen molar-refractivity contribution >= 4 is 17.1 Å². The van der Waals surface area contributed by atoms with Crippen LogP contribution in [0.5, 0.6) is 0 Å². The fourth-order valence-electron chi connectivity index (χ4n) is 3.17. The van der Waals surface area contributed by atoms with E-state index in [1.165, 1.54) is 4.57 Å². The van der Waals surface area contributed by atoms with Gasteiger partial charge in [0.05, 0.1) is 13.2 Å². The predicted molar refractivity (Wildman–Crippen MR) is 93.2 cm³/mol. The van der Waals surface area contributed by atoms with E-state index >= 15 is 0 Å². The van der Waals surface area contributed by atoms with Crippen molar-refractivity contribution in [1.82, 2.24) is 24.0 Å². The molecule has 1 saturated heterocycles. The molecule has 0 aliphatic carbocycles. The van der Waals surface area contributed by atoms with Crippen LogP contribution in [-0.2, 0) is 18.3 Å². The van der Waals surface area contributed by atoms with E-state index in [0.29, 0.717) is 36.8 Å². The van der Waals surface area contributed by atoms with Crippen molar-refractivity contribution < 1.29 is 9.84 Å². The number of hydrogen-bond donors (Lipinski definition) is 2. The first-order chi connectivity index (χ1) is 12.1. The van der Waals surface area contributed by atoms with E-state index in [-0.39, 0.29) is 6.61 Å². The van der Waals surface area contributed by atoms with Gasteiger partial charge >= 0.3 is 5.69 Å². The second-order valence-corrected chi connectivity index (χ2v) is 6.10. The first-order valence-electron chi connectivity index (χ1n) is 8.33. The third-order valence-corrected chi connectivity index (χ3v) is 4.58. The van der Waals surface area contributed by atoms with Crippen LogP contribution in [0.25, 0.3) is 11.2 Å². The summed E-state index contributed by atoms with van der Waals surface area (Å²) in [6.07, 6.45) is 0. The van der Waals surface area contributed by atoms with Gasteiger partial charge in [0.25, 0.3) is 5.56 Å². The summed E-state index contributed by atoms with van der Waals surface area (Å²) in [7, 11) is 3.20. The van der Waals surface area contributed by atoms with E-state index in [0.717, 1.165) is 26.2 Å². The second-order valence-electron chi connectivity index (χ2n) is 6.10. The number of nitrogens with one attached hydrogen (secondary N) is 1. The number of H-pyrrole nitrogens is 1. The molecule has 3 rings (SSSR count). The van der Waals surface area contributed by atoms with E-state index < -0.39 is 11.2 Å². The van der Waals surface area contributed by atoms with Gasteiger partial charge < -0.3 is 19.3 Å². The smallest absolute Gasteiger partial charge is 0.329 e. The minimum absolute atomic E-state index is 0.143. The number of ether oxygens (including phenoxy) is 1. The van der Waals surface area contributed by atoms with Crippen LogP contribution < -0.4 is 16.1 Å². The number of aryl methyl sites for hydroxylation is 1. The number of nitrogens with zero attached hydrogens (tertiary/aromatic N) is 5. The van der Waals surface area contributed by atoms with Gasteiger partial charge in [0.1, 0.15) is 0 Å². The number of fused-ring (bicyclic) bond motifs is 1. The Balaban J connectivity index is 2.02. The molecular weight excluding hydrogens is 328 g/mol. The van der Waals surface area contributed by atoms with Gasteiger partial charge in [-0.2, -0.15) is 4.98 Å². The summed E-state index contributed by atoms with van der Waals surface area (Å²) in [5.74, 6) is 0.669. The maximum Gasteiger partial charge on any atom is 0.329 e. The summed E-state index contributed by atoms with van der Waals surface area (Å²) >= 11 is 0. The standard InChI is InChI=1S/C15H24N6O4/c1-18-12-11(13(23)17-15(18)24)21(8-10-25-2)14(16-12)20-5-3-19(4-6-20)7-9-22/h22H,3-10H2,1-2H3,(H,17,23,24). The number of aliphatic hydroxyl groups excluding tert-OH is 1. The largest absolute Gasteiger partial charge is 0.395 e. The summed E-state index contributed by atoms with van der Waals surface area (Å²) in [6, 6.07) is 0. The first-order valence-corrected chi connectivity index (χ1v) is 8.33. The number of anilines is 1. The first kappa shape index (κ1) is 17.6. The summed E-state index contributed by atoms with van der Waals surface area (Å²) < 4.78 is 8.34. The highest BCUT2D eigenvalue weighted by Gasteiger charge is 2.24. The van der Waals surface area contributed by atoms with E-state index in [2.05, 4.69) is 19.8 Å². The van der Waals surface area contributed by atoms with E-state index in [9.17, 15) is 9.59 Å². The summed E-state index contributed by atoms with van der Waals surface area (Å²) in [5.41, 5.74) is -0.162. The molecule has 10 heteroatoms. The molecular formula is C15H24N6O4. The van der Waals surface area contributed by atoms with Crippen LogP contribution in [0.1, 0.15) is 0 Å². The highest BCUT2D eigenvalue weighted by molar-refractivity contribution is 5.74.